The van der Waals surface area contributed by atoms with Crippen LogP contribution >= 0.6 is 17.2 Å². The maximum Gasteiger partial charge on any atom is 0.337 e. The lowest BCUT2D eigenvalue weighted by Gasteiger charge is -2.26. The molecule has 0 amide bonds. The Hall–Kier alpha value is -1.76. The molecular weight excluding hydrogens is 330 g/mol. The topological polar surface area (TPSA) is 74.6 Å². The molecule has 0 saturated heterocycles. The number of aromatic carboxylic acids is 2. The second-order valence-electron chi connectivity index (χ2n) is 4.99. The third-order valence-electron chi connectivity index (χ3n) is 3.53. The van der Waals surface area contributed by atoms with Crippen molar-refractivity contribution in [3.8, 4) is 0 Å². The number of hydrogen-bond acceptors (Lipinski definition) is 2. The van der Waals surface area contributed by atoms with E-state index in [2.05, 4.69) is 9.24 Å². The molecule has 3 atom stereocenters. The number of carboxylic acids is 2. The summed E-state index contributed by atoms with van der Waals surface area (Å²) in [4.78, 5) is 23.1. The fourth-order valence-corrected chi connectivity index (χ4v) is 6.00. The summed E-state index contributed by atoms with van der Waals surface area (Å²) in [6.07, 6.45) is 0.849. The van der Waals surface area contributed by atoms with Crippen molar-refractivity contribution < 1.29 is 19.8 Å². The lowest BCUT2D eigenvalue weighted by Crippen LogP contribution is -2.25. The highest BCUT2D eigenvalue weighted by Gasteiger charge is 2.28. The van der Waals surface area contributed by atoms with Gasteiger partial charge in [-0.1, -0.05) is 49.4 Å². The smallest absolute Gasteiger partial charge is 0.337 e. The number of carbonyl (C=O) groups is 2. The lowest BCUT2D eigenvalue weighted by atomic mass is 10.1. The summed E-state index contributed by atoms with van der Waals surface area (Å²) >= 11 is 0. The van der Waals surface area contributed by atoms with Gasteiger partial charge in [0.15, 0.2) is 0 Å². The van der Waals surface area contributed by atoms with E-state index in [9.17, 15) is 19.8 Å². The van der Waals surface area contributed by atoms with Crippen molar-refractivity contribution in [2.24, 2.45) is 0 Å². The molecule has 0 heterocycles. The quantitative estimate of drug-likeness (QED) is 0.787. The largest absolute Gasteiger partial charge is 0.478 e. The van der Waals surface area contributed by atoms with E-state index in [-0.39, 0.29) is 16.5 Å². The minimum Gasteiger partial charge on any atom is -0.478 e. The van der Waals surface area contributed by atoms with E-state index < -0.39 is 19.9 Å². The summed E-state index contributed by atoms with van der Waals surface area (Å²) in [6.45, 7) is 2.04. The van der Waals surface area contributed by atoms with Crippen LogP contribution in [0, 0.1) is 0 Å². The molecule has 23 heavy (non-hydrogen) atoms. The van der Waals surface area contributed by atoms with Gasteiger partial charge in [-0.25, -0.2) is 9.59 Å². The van der Waals surface area contributed by atoms with Crippen LogP contribution in [0.4, 0.5) is 0 Å². The van der Waals surface area contributed by atoms with Gasteiger partial charge in [0.2, 0.25) is 0 Å². The van der Waals surface area contributed by atoms with Crippen molar-refractivity contribution in [2.75, 3.05) is 0 Å². The third kappa shape index (κ3) is 3.77. The van der Waals surface area contributed by atoms with Crippen LogP contribution in [0.15, 0.2) is 48.5 Å². The van der Waals surface area contributed by atoms with E-state index >= 15 is 0 Å². The number of hydrogen-bond donors (Lipinski definition) is 2. The van der Waals surface area contributed by atoms with Crippen LogP contribution in [0.2, 0.25) is 0 Å². The fourth-order valence-electron chi connectivity index (χ4n) is 2.42. The Morgan fingerprint density at radius 2 is 1.70 bits per heavy atom. The molecule has 0 bridgehead atoms. The first kappa shape index (κ1) is 17.6. The average Bonchev–Trinajstić information content (AvgIpc) is 2.55. The first-order valence-electron chi connectivity index (χ1n) is 7.16. The molecule has 0 aliphatic carbocycles. The van der Waals surface area contributed by atoms with Gasteiger partial charge >= 0.3 is 11.9 Å². The van der Waals surface area contributed by atoms with Gasteiger partial charge in [-0.05, 0) is 31.0 Å². The SMILES string of the molecule is CCC(P)P(c1ccccc1)c1cccc(C(=O)O)c1C(=O)O. The molecule has 0 spiro atoms. The highest BCUT2D eigenvalue weighted by Crippen LogP contribution is 2.45. The third-order valence-corrected chi connectivity index (χ3v) is 7.67. The van der Waals surface area contributed by atoms with E-state index in [0.29, 0.717) is 5.30 Å². The van der Waals surface area contributed by atoms with Crippen LogP contribution in [0.3, 0.4) is 0 Å². The van der Waals surface area contributed by atoms with Gasteiger partial charge in [0.25, 0.3) is 0 Å². The molecule has 4 nitrogen and oxygen atoms in total. The normalized spacial score (nSPS) is 13.3. The summed E-state index contributed by atoms with van der Waals surface area (Å²) in [5.41, 5.74) is -0.261. The molecule has 0 fully saturated rings. The van der Waals surface area contributed by atoms with Gasteiger partial charge in [-0.2, -0.15) is 0 Å². The summed E-state index contributed by atoms with van der Waals surface area (Å²) in [7, 11) is 1.79. The predicted molar refractivity (Wildman–Crippen MR) is 96.8 cm³/mol. The van der Waals surface area contributed by atoms with Gasteiger partial charge < -0.3 is 10.2 Å². The van der Waals surface area contributed by atoms with E-state index in [4.69, 9.17) is 0 Å². The van der Waals surface area contributed by atoms with Gasteiger partial charge in [0.1, 0.15) is 0 Å². The minimum absolute atomic E-state index is 0.101. The number of benzene rings is 2. The Kier molecular flexibility index (Phi) is 5.87. The zero-order valence-corrected chi connectivity index (χ0v) is 14.7. The minimum atomic E-state index is -1.22. The first-order valence-corrected chi connectivity index (χ1v) is 9.24. The molecule has 0 radical (unpaired) electrons. The Morgan fingerprint density at radius 3 is 2.22 bits per heavy atom. The van der Waals surface area contributed by atoms with Crippen LogP contribution in [-0.4, -0.2) is 27.6 Å². The Morgan fingerprint density at radius 1 is 1.04 bits per heavy atom. The molecule has 2 aromatic carbocycles. The molecular formula is C17H18O4P2. The van der Waals surface area contributed by atoms with Crippen LogP contribution in [0.1, 0.15) is 34.1 Å². The molecule has 120 valence electrons. The van der Waals surface area contributed by atoms with Crippen molar-refractivity contribution in [3.63, 3.8) is 0 Å². The van der Waals surface area contributed by atoms with Gasteiger partial charge in [-0.15, -0.1) is 9.24 Å². The zero-order chi connectivity index (χ0) is 17.0. The van der Waals surface area contributed by atoms with Crippen LogP contribution in [0.5, 0.6) is 0 Å². The standard InChI is InChI=1S/C17H18O4P2/c1-2-14(22)23(11-7-4-3-5-8-11)13-10-6-9-12(16(18)19)15(13)17(20)21/h3-10,14H,2,22H2,1H3,(H,18,19)(H,20,21). The molecule has 2 aromatic rings. The molecule has 0 saturated carbocycles. The van der Waals surface area contributed by atoms with E-state index in [0.717, 1.165) is 11.7 Å². The molecule has 3 unspecified atom stereocenters. The highest BCUT2D eigenvalue weighted by molar-refractivity contribution is 7.78. The zero-order valence-electron chi connectivity index (χ0n) is 12.6. The molecule has 2 N–H and O–H groups in total. The highest BCUT2D eigenvalue weighted by atomic mass is 31.2. The van der Waals surface area contributed by atoms with Crippen molar-refractivity contribution in [1.82, 2.24) is 0 Å². The van der Waals surface area contributed by atoms with Crippen molar-refractivity contribution in [1.29, 1.82) is 0 Å². The van der Waals surface area contributed by atoms with Gasteiger partial charge in [0, 0.05) is 5.40 Å². The van der Waals surface area contributed by atoms with E-state index in [1.165, 1.54) is 6.07 Å². The monoisotopic (exact) mass is 348 g/mol. The summed E-state index contributed by atoms with van der Waals surface area (Å²) in [5, 5.41) is 20.7. The van der Waals surface area contributed by atoms with E-state index in [1.807, 2.05) is 37.3 Å². The molecule has 0 aliphatic heterocycles. The molecule has 0 aromatic heterocycles. The number of rotatable bonds is 6. The molecule has 6 heteroatoms. The van der Waals surface area contributed by atoms with Gasteiger partial charge in [0.05, 0.1) is 11.1 Å². The van der Waals surface area contributed by atoms with Crippen LogP contribution in [0.25, 0.3) is 0 Å². The summed E-state index contributed by atoms with van der Waals surface area (Å²) in [6, 6.07) is 14.4. The Bertz CT molecular complexity index is 716. The average molecular weight is 348 g/mol. The van der Waals surface area contributed by atoms with Crippen molar-refractivity contribution >= 4 is 39.7 Å². The molecule has 2 rings (SSSR count). The fraction of sp³-hybridized carbons (Fsp3) is 0.176. The maximum atomic E-state index is 11.7. The van der Waals surface area contributed by atoms with Crippen molar-refractivity contribution in [3.05, 3.63) is 59.7 Å². The maximum absolute atomic E-state index is 11.7. The summed E-state index contributed by atoms with van der Waals surface area (Å²) < 4.78 is 0. The van der Waals surface area contributed by atoms with Crippen LogP contribution in [-0.2, 0) is 0 Å². The second-order valence-corrected chi connectivity index (χ2v) is 8.76. The lowest BCUT2D eigenvalue weighted by molar-refractivity contribution is 0.0652. The Labute approximate surface area is 138 Å². The second kappa shape index (κ2) is 7.68. The van der Waals surface area contributed by atoms with Crippen molar-refractivity contribution in [2.45, 2.75) is 18.7 Å². The van der Waals surface area contributed by atoms with E-state index in [1.54, 1.807) is 12.1 Å². The van der Waals surface area contributed by atoms with Crippen LogP contribution < -0.4 is 10.6 Å². The predicted octanol–water partition coefficient (Wildman–Crippen LogP) is 3.13. The Balaban J connectivity index is 2.71. The first-order chi connectivity index (χ1) is 11.0. The summed E-state index contributed by atoms with van der Waals surface area (Å²) in [5.74, 6) is -2.42. The molecule has 0 aliphatic rings. The van der Waals surface area contributed by atoms with Gasteiger partial charge in [-0.3, -0.25) is 0 Å². The number of carboxylic acid groups (broad SMARTS) is 2.